The highest BCUT2D eigenvalue weighted by molar-refractivity contribution is 5.96. The molecule has 0 aliphatic rings. The molecule has 0 aliphatic carbocycles. The van der Waals surface area contributed by atoms with Gasteiger partial charge in [-0.2, -0.15) is 5.26 Å². The van der Waals surface area contributed by atoms with Crippen molar-refractivity contribution < 1.29 is 18.7 Å². The number of unbranched alkanes of at least 4 members (excludes halogenated alkanes) is 2. The number of nitriles is 1. The Kier molecular flexibility index (Phi) is 6.88. The third-order valence-electron chi connectivity index (χ3n) is 2.94. The van der Waals surface area contributed by atoms with Crippen molar-refractivity contribution in [2.75, 3.05) is 7.11 Å². The van der Waals surface area contributed by atoms with Gasteiger partial charge in [0.2, 0.25) is 0 Å². The van der Waals surface area contributed by atoms with Gasteiger partial charge >= 0.3 is 5.97 Å². The first kappa shape index (κ1) is 16.6. The molecule has 1 rings (SSSR count). The highest BCUT2D eigenvalue weighted by Gasteiger charge is 2.22. The Bertz CT molecular complexity index is 540. The summed E-state index contributed by atoms with van der Waals surface area (Å²) in [6, 6.07) is 6.69. The molecule has 0 bridgehead atoms. The molecule has 1 amide bonds. The number of hydrogen-bond donors (Lipinski definition) is 1. The average Bonchev–Trinajstić information content (AvgIpc) is 2.49. The molecule has 0 saturated carbocycles. The van der Waals surface area contributed by atoms with Crippen LogP contribution in [0.2, 0.25) is 0 Å². The van der Waals surface area contributed by atoms with Gasteiger partial charge in [0.25, 0.3) is 5.91 Å². The molecule has 1 aromatic rings. The van der Waals surface area contributed by atoms with E-state index in [9.17, 15) is 14.0 Å². The molecule has 1 aromatic carbocycles. The molecule has 0 aromatic heterocycles. The van der Waals surface area contributed by atoms with Crippen molar-refractivity contribution in [3.05, 3.63) is 35.6 Å². The van der Waals surface area contributed by atoms with Crippen molar-refractivity contribution in [2.24, 2.45) is 0 Å². The monoisotopic (exact) mass is 292 g/mol. The minimum Gasteiger partial charge on any atom is -0.467 e. The number of nitrogens with zero attached hydrogens (tertiary/aromatic N) is 1. The summed E-state index contributed by atoms with van der Waals surface area (Å²) in [6.07, 6.45) is 1.94. The molecule has 21 heavy (non-hydrogen) atoms. The minimum atomic E-state index is -0.846. The molecule has 5 nitrogen and oxygen atoms in total. The standard InChI is InChI=1S/C15H17FN2O3/c1-21-15(20)13(9-3-2-6-10-17)18-14(19)11-7-4-5-8-12(11)16/h4-5,7-8,13H,2-3,6,9H2,1H3,(H,18,19)/t13-/m0/s1. The van der Waals surface area contributed by atoms with Crippen molar-refractivity contribution in [2.45, 2.75) is 31.7 Å². The Morgan fingerprint density at radius 2 is 2.10 bits per heavy atom. The first-order valence-corrected chi connectivity index (χ1v) is 6.60. The van der Waals surface area contributed by atoms with Gasteiger partial charge in [-0.1, -0.05) is 12.1 Å². The molecule has 0 unspecified atom stereocenters. The summed E-state index contributed by atoms with van der Waals surface area (Å²) < 4.78 is 18.1. The predicted octanol–water partition coefficient (Wildman–Crippen LogP) is 2.18. The van der Waals surface area contributed by atoms with Crippen LogP contribution >= 0.6 is 0 Å². The number of benzene rings is 1. The maximum Gasteiger partial charge on any atom is 0.328 e. The number of esters is 1. The van der Waals surface area contributed by atoms with Gasteiger partial charge in [0, 0.05) is 6.42 Å². The SMILES string of the molecule is COC(=O)[C@H](CCCCC#N)NC(=O)c1ccccc1F. The number of amides is 1. The molecule has 0 spiro atoms. The van der Waals surface area contributed by atoms with Gasteiger partial charge in [0.15, 0.2) is 0 Å². The van der Waals surface area contributed by atoms with Crippen LogP contribution < -0.4 is 5.32 Å². The van der Waals surface area contributed by atoms with Crippen LogP contribution in [0.15, 0.2) is 24.3 Å². The molecule has 0 radical (unpaired) electrons. The van der Waals surface area contributed by atoms with Gasteiger partial charge in [0.1, 0.15) is 11.9 Å². The summed E-state index contributed by atoms with van der Waals surface area (Å²) >= 11 is 0. The van der Waals surface area contributed by atoms with Crippen molar-refractivity contribution in [1.29, 1.82) is 5.26 Å². The van der Waals surface area contributed by atoms with E-state index < -0.39 is 23.7 Å². The van der Waals surface area contributed by atoms with E-state index in [1.165, 1.54) is 31.4 Å². The lowest BCUT2D eigenvalue weighted by Crippen LogP contribution is -2.41. The van der Waals surface area contributed by atoms with E-state index in [2.05, 4.69) is 10.1 Å². The second-order valence-corrected chi connectivity index (χ2v) is 4.43. The zero-order valence-corrected chi connectivity index (χ0v) is 11.8. The molecule has 1 N–H and O–H groups in total. The number of ether oxygens (including phenoxy) is 1. The zero-order chi connectivity index (χ0) is 15.7. The smallest absolute Gasteiger partial charge is 0.328 e. The van der Waals surface area contributed by atoms with Crippen molar-refractivity contribution in [3.8, 4) is 6.07 Å². The van der Waals surface area contributed by atoms with E-state index >= 15 is 0 Å². The van der Waals surface area contributed by atoms with Crippen LogP contribution in [0.25, 0.3) is 0 Å². The van der Waals surface area contributed by atoms with E-state index in [1.54, 1.807) is 0 Å². The summed E-state index contributed by atoms with van der Waals surface area (Å²) in [5, 5.41) is 10.9. The summed E-state index contributed by atoms with van der Waals surface area (Å²) in [6.45, 7) is 0. The second kappa shape index (κ2) is 8.69. The van der Waals surface area contributed by atoms with E-state index in [4.69, 9.17) is 5.26 Å². The summed E-state index contributed by atoms with van der Waals surface area (Å²) in [5.41, 5.74) is -0.122. The zero-order valence-electron chi connectivity index (χ0n) is 11.8. The summed E-state index contributed by atoms with van der Waals surface area (Å²) in [5.74, 6) is -1.90. The van der Waals surface area contributed by atoms with Crippen molar-refractivity contribution in [1.82, 2.24) is 5.32 Å². The van der Waals surface area contributed by atoms with Gasteiger partial charge < -0.3 is 10.1 Å². The Balaban J connectivity index is 2.68. The van der Waals surface area contributed by atoms with Crippen LogP contribution in [-0.2, 0) is 9.53 Å². The molecule has 0 saturated heterocycles. The van der Waals surface area contributed by atoms with Crippen LogP contribution in [0.5, 0.6) is 0 Å². The summed E-state index contributed by atoms with van der Waals surface area (Å²) in [7, 11) is 1.22. The Morgan fingerprint density at radius 1 is 1.38 bits per heavy atom. The predicted molar refractivity (Wildman–Crippen MR) is 73.8 cm³/mol. The quantitative estimate of drug-likeness (QED) is 0.617. The third kappa shape index (κ3) is 5.22. The van der Waals surface area contributed by atoms with Crippen molar-refractivity contribution >= 4 is 11.9 Å². The number of carbonyl (C=O) groups excluding carboxylic acids is 2. The number of hydrogen-bond acceptors (Lipinski definition) is 4. The molecule has 0 aliphatic heterocycles. The lowest BCUT2D eigenvalue weighted by molar-refractivity contribution is -0.143. The molecule has 112 valence electrons. The third-order valence-corrected chi connectivity index (χ3v) is 2.94. The Labute approximate surface area is 122 Å². The number of rotatable bonds is 7. The largest absolute Gasteiger partial charge is 0.467 e. The minimum absolute atomic E-state index is 0.122. The Morgan fingerprint density at radius 3 is 2.71 bits per heavy atom. The van der Waals surface area contributed by atoms with Gasteiger partial charge in [-0.15, -0.1) is 0 Å². The van der Waals surface area contributed by atoms with Crippen LogP contribution in [0, 0.1) is 17.1 Å². The molecule has 0 fully saturated rings. The summed E-state index contributed by atoms with van der Waals surface area (Å²) in [4.78, 5) is 23.6. The molecule has 6 heteroatoms. The maximum atomic E-state index is 13.5. The van der Waals surface area contributed by atoms with E-state index in [0.29, 0.717) is 25.7 Å². The van der Waals surface area contributed by atoms with E-state index in [0.717, 1.165) is 0 Å². The second-order valence-electron chi connectivity index (χ2n) is 4.43. The van der Waals surface area contributed by atoms with E-state index in [1.807, 2.05) is 6.07 Å². The van der Waals surface area contributed by atoms with Crippen LogP contribution in [0.4, 0.5) is 4.39 Å². The van der Waals surface area contributed by atoms with Gasteiger partial charge in [0.05, 0.1) is 18.7 Å². The van der Waals surface area contributed by atoms with Crippen LogP contribution in [0.1, 0.15) is 36.0 Å². The fourth-order valence-electron chi connectivity index (χ4n) is 1.83. The lowest BCUT2D eigenvalue weighted by atomic mass is 10.1. The number of nitrogens with one attached hydrogen (secondary N) is 1. The van der Waals surface area contributed by atoms with Gasteiger partial charge in [-0.3, -0.25) is 4.79 Å². The first-order valence-electron chi connectivity index (χ1n) is 6.60. The van der Waals surface area contributed by atoms with Crippen LogP contribution in [0.3, 0.4) is 0 Å². The topological polar surface area (TPSA) is 79.2 Å². The van der Waals surface area contributed by atoms with Gasteiger partial charge in [-0.05, 0) is 31.4 Å². The molecule has 1 atom stereocenters. The van der Waals surface area contributed by atoms with Crippen LogP contribution in [-0.4, -0.2) is 25.0 Å². The molecule has 0 heterocycles. The fraction of sp³-hybridized carbons (Fsp3) is 0.400. The Hall–Kier alpha value is -2.42. The number of methoxy groups -OCH3 is 1. The normalized spacial score (nSPS) is 11.3. The first-order chi connectivity index (χ1) is 10.1. The molecular weight excluding hydrogens is 275 g/mol. The average molecular weight is 292 g/mol. The molecular formula is C15H17FN2O3. The maximum absolute atomic E-state index is 13.5. The fourth-order valence-corrected chi connectivity index (χ4v) is 1.83. The number of halogens is 1. The lowest BCUT2D eigenvalue weighted by Gasteiger charge is -2.16. The van der Waals surface area contributed by atoms with Gasteiger partial charge in [-0.25, -0.2) is 9.18 Å². The highest BCUT2D eigenvalue weighted by atomic mass is 19.1. The highest BCUT2D eigenvalue weighted by Crippen LogP contribution is 2.09. The number of carbonyl (C=O) groups is 2. The van der Waals surface area contributed by atoms with Crippen molar-refractivity contribution in [3.63, 3.8) is 0 Å². The van der Waals surface area contributed by atoms with E-state index in [-0.39, 0.29) is 5.56 Å².